The summed E-state index contributed by atoms with van der Waals surface area (Å²) in [6, 6.07) is 12.2. The van der Waals surface area contributed by atoms with Gasteiger partial charge in [-0.1, -0.05) is 12.1 Å². The molecule has 0 spiro atoms. The van der Waals surface area contributed by atoms with Crippen molar-refractivity contribution in [2.24, 2.45) is 0 Å². The summed E-state index contributed by atoms with van der Waals surface area (Å²) in [5.74, 6) is -0.265. The molecule has 0 aromatic heterocycles. The van der Waals surface area contributed by atoms with E-state index in [1.807, 2.05) is 0 Å². The molecule has 2 amide bonds. The molecule has 0 aliphatic carbocycles. The van der Waals surface area contributed by atoms with Crippen LogP contribution in [0.1, 0.15) is 12.5 Å². The van der Waals surface area contributed by atoms with Gasteiger partial charge in [0.1, 0.15) is 11.5 Å². The second-order valence-corrected chi connectivity index (χ2v) is 5.12. The van der Waals surface area contributed by atoms with E-state index in [1.54, 1.807) is 43.3 Å². The number of anilines is 1. The molecule has 2 aromatic rings. The van der Waals surface area contributed by atoms with Crippen LogP contribution in [0.5, 0.6) is 11.5 Å². The minimum Gasteiger partial charge on any atom is -0.508 e. The highest BCUT2D eigenvalue weighted by Gasteiger charge is 2.09. The third kappa shape index (κ3) is 5.53. The van der Waals surface area contributed by atoms with Crippen LogP contribution < -0.4 is 15.4 Å². The van der Waals surface area contributed by atoms with E-state index in [-0.39, 0.29) is 12.2 Å². The minimum atomic E-state index is -0.909. The molecule has 7 nitrogen and oxygen atoms in total. The Labute approximate surface area is 138 Å². The van der Waals surface area contributed by atoms with Gasteiger partial charge in [-0.2, -0.15) is 0 Å². The average molecular weight is 330 g/mol. The molecular formula is C17H18N2O5. The topological polar surface area (TPSA) is 108 Å². The molecule has 0 saturated carbocycles. The van der Waals surface area contributed by atoms with E-state index in [0.717, 1.165) is 0 Å². The van der Waals surface area contributed by atoms with Crippen LogP contribution in [0, 0.1) is 0 Å². The number of carboxylic acid groups (broad SMARTS) is 1. The largest absolute Gasteiger partial charge is 0.508 e. The summed E-state index contributed by atoms with van der Waals surface area (Å²) in [5.41, 5.74) is 1.19. The van der Waals surface area contributed by atoms with Crippen molar-refractivity contribution in [3.05, 3.63) is 54.1 Å². The molecular weight excluding hydrogens is 312 g/mol. The highest BCUT2D eigenvalue weighted by molar-refractivity contribution is 5.89. The summed E-state index contributed by atoms with van der Waals surface area (Å²) >= 11 is 0. The van der Waals surface area contributed by atoms with Crippen LogP contribution in [0.4, 0.5) is 10.5 Å². The Bertz CT molecular complexity index is 698. The number of carbonyl (C=O) groups excluding carboxylic acids is 1. The summed E-state index contributed by atoms with van der Waals surface area (Å²) in [7, 11) is 0. The van der Waals surface area contributed by atoms with Crippen LogP contribution in [0.25, 0.3) is 0 Å². The molecule has 24 heavy (non-hydrogen) atoms. The molecule has 0 bridgehead atoms. The van der Waals surface area contributed by atoms with Crippen molar-refractivity contribution in [3.8, 4) is 11.5 Å². The molecule has 0 fully saturated rings. The first kappa shape index (κ1) is 17.1. The van der Waals surface area contributed by atoms with Gasteiger partial charge in [-0.25, -0.2) is 4.79 Å². The van der Waals surface area contributed by atoms with Crippen LogP contribution in [0.15, 0.2) is 48.5 Å². The number of phenols is 1. The Morgan fingerprint density at radius 1 is 1.08 bits per heavy atom. The third-order valence-electron chi connectivity index (χ3n) is 3.05. The number of amides is 2. The molecule has 0 radical (unpaired) electrons. The molecule has 1 unspecified atom stereocenters. The fourth-order valence-electron chi connectivity index (χ4n) is 1.99. The zero-order valence-electron chi connectivity index (χ0n) is 13.0. The number of carboxylic acids is 1. The van der Waals surface area contributed by atoms with Gasteiger partial charge in [0.05, 0.1) is 6.42 Å². The van der Waals surface area contributed by atoms with Crippen molar-refractivity contribution < 1.29 is 24.5 Å². The molecule has 126 valence electrons. The minimum absolute atomic E-state index is 0.0655. The van der Waals surface area contributed by atoms with Crippen LogP contribution in [-0.4, -0.2) is 28.4 Å². The zero-order valence-corrected chi connectivity index (χ0v) is 13.0. The predicted molar refractivity (Wildman–Crippen MR) is 88.1 cm³/mol. The quantitative estimate of drug-likeness (QED) is 0.609. The number of hydrogen-bond donors (Lipinski definition) is 4. The number of phenolic OH excluding ortho intramolecular Hbond substituents is 1. The molecule has 2 rings (SSSR count). The number of aliphatic carboxylic acids is 1. The van der Waals surface area contributed by atoms with Crippen LogP contribution in [-0.2, 0) is 11.2 Å². The second-order valence-electron chi connectivity index (χ2n) is 5.12. The zero-order chi connectivity index (χ0) is 17.5. The predicted octanol–water partition coefficient (Wildman–Crippen LogP) is 2.57. The normalized spacial score (nSPS) is 11.4. The molecule has 1 atom stereocenters. The van der Waals surface area contributed by atoms with Crippen molar-refractivity contribution in [1.29, 1.82) is 0 Å². The lowest BCUT2D eigenvalue weighted by molar-refractivity contribution is -0.136. The Morgan fingerprint density at radius 3 is 2.29 bits per heavy atom. The van der Waals surface area contributed by atoms with E-state index in [0.29, 0.717) is 17.0 Å². The maximum absolute atomic E-state index is 11.9. The van der Waals surface area contributed by atoms with Gasteiger partial charge >= 0.3 is 12.0 Å². The summed E-state index contributed by atoms with van der Waals surface area (Å²) in [6.45, 7) is 1.67. The Kier molecular flexibility index (Phi) is 5.62. The number of hydrogen-bond acceptors (Lipinski definition) is 4. The first-order chi connectivity index (χ1) is 11.4. The van der Waals surface area contributed by atoms with Crippen molar-refractivity contribution in [2.75, 3.05) is 5.32 Å². The monoisotopic (exact) mass is 330 g/mol. The summed E-state index contributed by atoms with van der Waals surface area (Å²) in [5, 5.41) is 23.1. The van der Waals surface area contributed by atoms with Crippen molar-refractivity contribution >= 4 is 17.7 Å². The Morgan fingerprint density at radius 2 is 1.71 bits per heavy atom. The Hall–Kier alpha value is -3.22. The van der Waals surface area contributed by atoms with E-state index in [9.17, 15) is 14.7 Å². The maximum atomic E-state index is 11.9. The van der Waals surface area contributed by atoms with Crippen molar-refractivity contribution in [1.82, 2.24) is 5.32 Å². The molecule has 7 heteroatoms. The summed E-state index contributed by atoms with van der Waals surface area (Å²) < 4.78 is 5.49. The van der Waals surface area contributed by atoms with Gasteiger partial charge in [0.15, 0.2) is 6.23 Å². The van der Waals surface area contributed by atoms with E-state index < -0.39 is 18.2 Å². The lowest BCUT2D eigenvalue weighted by atomic mass is 10.1. The molecule has 0 aliphatic heterocycles. The highest BCUT2D eigenvalue weighted by Crippen LogP contribution is 2.16. The van der Waals surface area contributed by atoms with Crippen LogP contribution in [0.2, 0.25) is 0 Å². The number of benzene rings is 2. The lowest BCUT2D eigenvalue weighted by Crippen LogP contribution is -2.39. The standard InChI is InChI=1S/C17H18N2O5/c1-11(24-15-8-6-14(20)7-9-15)18-17(23)19-13-4-2-12(3-5-13)10-16(21)22/h2-9,11,20H,10H2,1H3,(H,21,22)(H2,18,19,23). The van der Waals surface area contributed by atoms with Gasteiger partial charge in [0, 0.05) is 5.69 Å². The van der Waals surface area contributed by atoms with Gasteiger partial charge in [-0.05, 0) is 48.9 Å². The number of nitrogens with one attached hydrogen (secondary N) is 2. The van der Waals surface area contributed by atoms with Gasteiger partial charge in [0.25, 0.3) is 0 Å². The number of rotatable bonds is 6. The number of aromatic hydroxyl groups is 1. The average Bonchev–Trinajstić information content (AvgIpc) is 2.51. The molecule has 4 N–H and O–H groups in total. The maximum Gasteiger partial charge on any atom is 0.322 e. The Balaban J connectivity index is 1.83. The summed E-state index contributed by atoms with van der Waals surface area (Å²) in [6.07, 6.45) is -0.648. The number of carbonyl (C=O) groups is 2. The third-order valence-corrected chi connectivity index (χ3v) is 3.05. The fraction of sp³-hybridized carbons (Fsp3) is 0.176. The first-order valence-corrected chi connectivity index (χ1v) is 7.26. The molecule has 2 aromatic carbocycles. The number of ether oxygens (including phenoxy) is 1. The molecule has 0 aliphatic rings. The van der Waals surface area contributed by atoms with Gasteiger partial charge < -0.3 is 25.6 Å². The molecule has 0 heterocycles. The first-order valence-electron chi connectivity index (χ1n) is 7.26. The van der Waals surface area contributed by atoms with Crippen LogP contribution in [0.3, 0.4) is 0 Å². The van der Waals surface area contributed by atoms with Crippen molar-refractivity contribution in [3.63, 3.8) is 0 Å². The van der Waals surface area contributed by atoms with E-state index in [4.69, 9.17) is 9.84 Å². The lowest BCUT2D eigenvalue weighted by Gasteiger charge is -2.17. The van der Waals surface area contributed by atoms with Gasteiger partial charge in [-0.15, -0.1) is 0 Å². The van der Waals surface area contributed by atoms with Crippen molar-refractivity contribution in [2.45, 2.75) is 19.6 Å². The summed E-state index contributed by atoms with van der Waals surface area (Å²) in [4.78, 5) is 22.5. The fourth-order valence-corrected chi connectivity index (χ4v) is 1.99. The van der Waals surface area contributed by atoms with Crippen LogP contribution >= 0.6 is 0 Å². The SMILES string of the molecule is CC(NC(=O)Nc1ccc(CC(=O)O)cc1)Oc1ccc(O)cc1. The van der Waals surface area contributed by atoms with Gasteiger partial charge in [-0.3, -0.25) is 4.79 Å². The van der Waals surface area contributed by atoms with Gasteiger partial charge in [0.2, 0.25) is 0 Å². The smallest absolute Gasteiger partial charge is 0.322 e. The van der Waals surface area contributed by atoms with E-state index >= 15 is 0 Å². The van der Waals surface area contributed by atoms with E-state index in [2.05, 4.69) is 10.6 Å². The highest BCUT2D eigenvalue weighted by atomic mass is 16.5. The second kappa shape index (κ2) is 7.87. The number of urea groups is 1. The van der Waals surface area contributed by atoms with E-state index in [1.165, 1.54) is 12.1 Å². The molecule has 0 saturated heterocycles.